The van der Waals surface area contributed by atoms with Crippen LogP contribution in [0.2, 0.25) is 5.02 Å². The number of carbonyl (C=O) groups is 1. The molecular weight excluding hydrogens is 444 g/mol. The number of hydrogen-bond donors (Lipinski definition) is 2. The first-order valence-corrected chi connectivity index (χ1v) is 11.0. The van der Waals surface area contributed by atoms with E-state index in [4.69, 9.17) is 11.6 Å². The number of hydrogen-bond acceptors (Lipinski definition) is 7. The van der Waals surface area contributed by atoms with Gasteiger partial charge in [0.1, 0.15) is 23.3 Å². The predicted octanol–water partition coefficient (Wildman–Crippen LogP) is 2.83. The van der Waals surface area contributed by atoms with E-state index in [2.05, 4.69) is 42.3 Å². The van der Waals surface area contributed by atoms with E-state index in [1.807, 2.05) is 0 Å². The van der Waals surface area contributed by atoms with Crippen LogP contribution in [0.5, 0.6) is 0 Å². The molecular formula is C22H21ClN8O2. The zero-order valence-electron chi connectivity index (χ0n) is 18.3. The van der Waals surface area contributed by atoms with Gasteiger partial charge < -0.3 is 10.3 Å². The number of unbranched alkanes of at least 4 members (excludes halogenated alkanes) is 1. The number of aromatic nitrogens is 7. The van der Waals surface area contributed by atoms with Crippen LogP contribution < -0.4 is 10.9 Å². The van der Waals surface area contributed by atoms with Gasteiger partial charge in [-0.3, -0.25) is 14.6 Å². The SMILES string of the molecule is CCCCc1nc(-c2nc3c(c(=O)[nH]2)C(C)(c2ccc(Cl)c(C)n2)C(=O)N3)cn2ncnc12. The van der Waals surface area contributed by atoms with Crippen molar-refractivity contribution in [2.24, 2.45) is 0 Å². The zero-order valence-corrected chi connectivity index (χ0v) is 19.1. The first-order chi connectivity index (χ1) is 15.8. The third kappa shape index (κ3) is 3.29. The van der Waals surface area contributed by atoms with E-state index >= 15 is 0 Å². The van der Waals surface area contributed by atoms with Crippen LogP contribution >= 0.6 is 11.6 Å². The Morgan fingerprint density at radius 2 is 2.00 bits per heavy atom. The van der Waals surface area contributed by atoms with Crippen LogP contribution in [0.25, 0.3) is 17.2 Å². The number of H-pyrrole nitrogens is 1. The second-order valence-corrected chi connectivity index (χ2v) is 8.59. The Balaban J connectivity index is 1.64. The number of anilines is 1. The largest absolute Gasteiger partial charge is 0.309 e. The fourth-order valence-electron chi connectivity index (χ4n) is 4.08. The summed E-state index contributed by atoms with van der Waals surface area (Å²) in [5.74, 6) is 0.0372. The number of rotatable bonds is 5. The van der Waals surface area contributed by atoms with Crippen molar-refractivity contribution in [3.8, 4) is 11.5 Å². The minimum absolute atomic E-state index is 0.186. The summed E-state index contributed by atoms with van der Waals surface area (Å²) in [4.78, 5) is 47.1. The van der Waals surface area contributed by atoms with Gasteiger partial charge in [0.2, 0.25) is 5.91 Å². The molecule has 0 radical (unpaired) electrons. The number of aromatic amines is 1. The second kappa shape index (κ2) is 7.73. The van der Waals surface area contributed by atoms with Gasteiger partial charge in [-0.25, -0.2) is 19.5 Å². The van der Waals surface area contributed by atoms with Crippen molar-refractivity contribution in [3.05, 3.63) is 62.7 Å². The van der Waals surface area contributed by atoms with Gasteiger partial charge >= 0.3 is 0 Å². The molecule has 5 rings (SSSR count). The van der Waals surface area contributed by atoms with Crippen molar-refractivity contribution in [1.82, 2.24) is 34.5 Å². The maximum Gasteiger partial charge on any atom is 0.258 e. The number of nitrogens with one attached hydrogen (secondary N) is 2. The molecule has 33 heavy (non-hydrogen) atoms. The molecule has 5 heterocycles. The van der Waals surface area contributed by atoms with E-state index in [1.54, 1.807) is 36.7 Å². The fourth-order valence-corrected chi connectivity index (χ4v) is 4.18. The second-order valence-electron chi connectivity index (χ2n) is 8.19. The van der Waals surface area contributed by atoms with Gasteiger partial charge in [0.05, 0.1) is 33.9 Å². The van der Waals surface area contributed by atoms with Gasteiger partial charge in [0.15, 0.2) is 11.5 Å². The lowest BCUT2D eigenvalue weighted by molar-refractivity contribution is -0.119. The van der Waals surface area contributed by atoms with Gasteiger partial charge in [-0.1, -0.05) is 24.9 Å². The van der Waals surface area contributed by atoms with Crippen molar-refractivity contribution >= 4 is 29.0 Å². The highest BCUT2D eigenvalue weighted by molar-refractivity contribution is 6.31. The van der Waals surface area contributed by atoms with E-state index in [1.165, 1.54) is 6.33 Å². The van der Waals surface area contributed by atoms with Gasteiger partial charge in [-0.05, 0) is 38.8 Å². The van der Waals surface area contributed by atoms with Crippen molar-refractivity contribution in [1.29, 1.82) is 0 Å². The molecule has 0 saturated carbocycles. The molecule has 0 fully saturated rings. The highest BCUT2D eigenvalue weighted by Crippen LogP contribution is 2.39. The van der Waals surface area contributed by atoms with Crippen LogP contribution in [0.1, 0.15) is 49.3 Å². The number of carbonyl (C=O) groups excluding carboxylic acids is 1. The third-order valence-corrected chi connectivity index (χ3v) is 6.38. The molecule has 0 bridgehead atoms. The number of halogens is 1. The number of amides is 1. The van der Waals surface area contributed by atoms with Crippen LogP contribution in [-0.4, -0.2) is 40.4 Å². The number of nitrogens with zero attached hydrogens (tertiary/aromatic N) is 6. The van der Waals surface area contributed by atoms with Crippen molar-refractivity contribution in [2.45, 2.75) is 45.4 Å². The molecule has 0 aliphatic carbocycles. The monoisotopic (exact) mass is 464 g/mol. The molecule has 1 aliphatic heterocycles. The Hall–Kier alpha value is -3.66. The smallest absolute Gasteiger partial charge is 0.258 e. The van der Waals surface area contributed by atoms with Crippen molar-refractivity contribution in [3.63, 3.8) is 0 Å². The van der Waals surface area contributed by atoms with Crippen LogP contribution in [0, 0.1) is 6.92 Å². The van der Waals surface area contributed by atoms with E-state index < -0.39 is 11.0 Å². The molecule has 1 aliphatic rings. The first-order valence-electron chi connectivity index (χ1n) is 10.6. The molecule has 4 aromatic rings. The molecule has 0 spiro atoms. The first kappa shape index (κ1) is 21.2. The Labute approximate surface area is 193 Å². The topological polar surface area (TPSA) is 131 Å². The summed E-state index contributed by atoms with van der Waals surface area (Å²) in [7, 11) is 0. The number of pyridine rings is 1. The predicted molar refractivity (Wildman–Crippen MR) is 122 cm³/mol. The van der Waals surface area contributed by atoms with E-state index in [0.717, 1.165) is 25.0 Å². The summed E-state index contributed by atoms with van der Waals surface area (Å²) >= 11 is 6.11. The fraction of sp³-hybridized carbons (Fsp3) is 0.318. The molecule has 11 heteroatoms. The van der Waals surface area contributed by atoms with Crippen LogP contribution in [0.4, 0.5) is 5.82 Å². The minimum atomic E-state index is -1.31. The summed E-state index contributed by atoms with van der Waals surface area (Å²) < 4.78 is 1.61. The normalized spacial score (nSPS) is 17.4. The maximum atomic E-state index is 13.3. The summed E-state index contributed by atoms with van der Waals surface area (Å²) in [6.07, 6.45) is 5.78. The zero-order chi connectivity index (χ0) is 23.3. The molecule has 0 saturated heterocycles. The average molecular weight is 465 g/mol. The third-order valence-electron chi connectivity index (χ3n) is 5.98. The van der Waals surface area contributed by atoms with Gasteiger partial charge in [-0.15, -0.1) is 0 Å². The van der Waals surface area contributed by atoms with Crippen LogP contribution in [0.3, 0.4) is 0 Å². The Bertz CT molecular complexity index is 1480. The molecule has 1 atom stereocenters. The Kier molecular flexibility index (Phi) is 4.97. The van der Waals surface area contributed by atoms with Gasteiger partial charge in [-0.2, -0.15) is 5.10 Å². The summed E-state index contributed by atoms with van der Waals surface area (Å²) in [5.41, 5.74) is 1.32. The summed E-state index contributed by atoms with van der Waals surface area (Å²) in [6.45, 7) is 5.50. The Morgan fingerprint density at radius 3 is 2.76 bits per heavy atom. The lowest BCUT2D eigenvalue weighted by atomic mass is 9.81. The lowest BCUT2D eigenvalue weighted by Crippen LogP contribution is -2.37. The van der Waals surface area contributed by atoms with Crippen molar-refractivity contribution in [2.75, 3.05) is 5.32 Å². The molecule has 168 valence electrons. The molecule has 0 aromatic carbocycles. The molecule has 10 nitrogen and oxygen atoms in total. The number of fused-ring (bicyclic) bond motifs is 2. The minimum Gasteiger partial charge on any atom is -0.309 e. The summed E-state index contributed by atoms with van der Waals surface area (Å²) in [5, 5.41) is 7.45. The maximum absolute atomic E-state index is 13.3. The molecule has 1 unspecified atom stereocenters. The Morgan fingerprint density at radius 1 is 1.18 bits per heavy atom. The van der Waals surface area contributed by atoms with Crippen LogP contribution in [0.15, 0.2) is 29.5 Å². The van der Waals surface area contributed by atoms with E-state index in [0.29, 0.717) is 27.8 Å². The average Bonchev–Trinajstić information content (AvgIpc) is 3.37. The standard InChI is InChI=1S/C22H21ClN8O2/c1-4-5-6-13-19-24-10-25-31(19)9-14(27-13)17-28-18-16(20(32)29-17)22(3,21(33)30-18)15-8-7-12(23)11(2)26-15/h7-10H,4-6H2,1-3H3,(H2,28,29,30,32,33). The summed E-state index contributed by atoms with van der Waals surface area (Å²) in [6, 6.07) is 3.32. The lowest BCUT2D eigenvalue weighted by Gasteiger charge is -2.21. The molecule has 2 N–H and O–H groups in total. The van der Waals surface area contributed by atoms with Crippen molar-refractivity contribution < 1.29 is 4.79 Å². The molecule has 4 aromatic heterocycles. The van der Waals surface area contributed by atoms with E-state index in [9.17, 15) is 9.59 Å². The number of aryl methyl sites for hydroxylation is 2. The van der Waals surface area contributed by atoms with E-state index in [-0.39, 0.29) is 23.1 Å². The highest BCUT2D eigenvalue weighted by Gasteiger charge is 2.49. The quantitative estimate of drug-likeness (QED) is 0.464. The van der Waals surface area contributed by atoms with Crippen LogP contribution in [-0.2, 0) is 16.6 Å². The molecule has 1 amide bonds. The van der Waals surface area contributed by atoms with Gasteiger partial charge in [0, 0.05) is 0 Å². The van der Waals surface area contributed by atoms with Gasteiger partial charge in [0.25, 0.3) is 5.56 Å². The highest BCUT2D eigenvalue weighted by atomic mass is 35.5.